The van der Waals surface area contributed by atoms with Crippen LogP contribution in [0.15, 0.2) is 18.2 Å². The second kappa shape index (κ2) is 6.20. The fraction of sp³-hybridized carbons (Fsp3) is 0.562. The molecule has 0 unspecified atom stereocenters. The van der Waals surface area contributed by atoms with Crippen LogP contribution in [0.3, 0.4) is 0 Å². The van der Waals surface area contributed by atoms with Gasteiger partial charge in [0, 0.05) is 12.2 Å². The number of benzene rings is 1. The Labute approximate surface area is 116 Å². The van der Waals surface area contributed by atoms with Crippen LogP contribution >= 0.6 is 0 Å². The summed E-state index contributed by atoms with van der Waals surface area (Å²) in [5, 5.41) is 3.15. The lowest BCUT2D eigenvalue weighted by molar-refractivity contribution is -0.121. The lowest BCUT2D eigenvalue weighted by Gasteiger charge is -2.29. The van der Waals surface area contributed by atoms with Crippen molar-refractivity contribution in [3.8, 4) is 0 Å². The summed E-state index contributed by atoms with van der Waals surface area (Å²) in [4.78, 5) is 14.6. The summed E-state index contributed by atoms with van der Waals surface area (Å²) in [6, 6.07) is 6.20. The van der Waals surface area contributed by atoms with Gasteiger partial charge in [-0.25, -0.2) is 0 Å². The first-order chi connectivity index (χ1) is 9.11. The number of amides is 1. The third kappa shape index (κ3) is 3.35. The lowest BCUT2D eigenvalue weighted by atomic mass is 9.97. The van der Waals surface area contributed by atoms with E-state index in [0.717, 1.165) is 43.6 Å². The molecule has 3 nitrogen and oxygen atoms in total. The second-order valence-corrected chi connectivity index (χ2v) is 5.55. The predicted molar refractivity (Wildman–Crippen MR) is 79.4 cm³/mol. The third-order valence-corrected chi connectivity index (χ3v) is 3.98. The van der Waals surface area contributed by atoms with Crippen molar-refractivity contribution in [1.82, 2.24) is 4.90 Å². The molecule has 1 saturated heterocycles. The maximum atomic E-state index is 12.4. The van der Waals surface area contributed by atoms with Crippen LogP contribution in [0.5, 0.6) is 0 Å². The van der Waals surface area contributed by atoms with Gasteiger partial charge in [-0.2, -0.15) is 0 Å². The molecule has 1 atom stereocenters. The van der Waals surface area contributed by atoms with Crippen LogP contribution in [0.4, 0.5) is 5.69 Å². The molecule has 1 fully saturated rings. The highest BCUT2D eigenvalue weighted by Gasteiger charge is 2.24. The molecule has 1 aromatic rings. The lowest BCUT2D eigenvalue weighted by Crippen LogP contribution is -2.38. The molecule has 1 N–H and O–H groups in total. The zero-order valence-electron chi connectivity index (χ0n) is 12.2. The van der Waals surface area contributed by atoms with Crippen molar-refractivity contribution in [3.63, 3.8) is 0 Å². The molecule has 1 heterocycles. The van der Waals surface area contributed by atoms with Gasteiger partial charge in [-0.15, -0.1) is 0 Å². The second-order valence-electron chi connectivity index (χ2n) is 5.55. The number of para-hydroxylation sites is 1. The van der Waals surface area contributed by atoms with Gasteiger partial charge in [-0.3, -0.25) is 4.79 Å². The molecule has 1 aromatic carbocycles. The Bertz CT molecular complexity index is 456. The van der Waals surface area contributed by atoms with Crippen LogP contribution in [0.1, 0.15) is 30.9 Å². The number of aryl methyl sites for hydroxylation is 2. The SMILES string of the molecule is CCc1cccc(C)c1NC(=O)[C@H]1CCCN(C)C1. The Balaban J connectivity index is 2.10. The van der Waals surface area contributed by atoms with E-state index in [1.807, 2.05) is 0 Å². The van der Waals surface area contributed by atoms with E-state index in [2.05, 4.69) is 49.3 Å². The van der Waals surface area contributed by atoms with E-state index in [4.69, 9.17) is 0 Å². The minimum absolute atomic E-state index is 0.128. The van der Waals surface area contributed by atoms with Gasteiger partial charge < -0.3 is 10.2 Å². The van der Waals surface area contributed by atoms with E-state index in [9.17, 15) is 4.79 Å². The van der Waals surface area contributed by atoms with Crippen molar-refractivity contribution < 1.29 is 4.79 Å². The highest BCUT2D eigenvalue weighted by Crippen LogP contribution is 2.23. The number of rotatable bonds is 3. The summed E-state index contributed by atoms with van der Waals surface area (Å²) in [6.45, 7) is 6.16. The molecule has 0 saturated carbocycles. The number of hydrogen-bond donors (Lipinski definition) is 1. The molecular formula is C16H24N2O. The van der Waals surface area contributed by atoms with E-state index in [-0.39, 0.29) is 11.8 Å². The number of likely N-dealkylation sites (tertiary alicyclic amines) is 1. The van der Waals surface area contributed by atoms with Gasteiger partial charge in [0.15, 0.2) is 0 Å². The number of carbonyl (C=O) groups is 1. The Morgan fingerprint density at radius 1 is 1.47 bits per heavy atom. The van der Waals surface area contributed by atoms with Gasteiger partial charge in [-0.05, 0) is 50.9 Å². The van der Waals surface area contributed by atoms with Gasteiger partial charge in [0.05, 0.1) is 5.92 Å². The maximum Gasteiger partial charge on any atom is 0.228 e. The summed E-state index contributed by atoms with van der Waals surface area (Å²) in [5.41, 5.74) is 3.39. The van der Waals surface area contributed by atoms with Crippen molar-refractivity contribution in [2.24, 2.45) is 5.92 Å². The molecule has 1 aliphatic heterocycles. The van der Waals surface area contributed by atoms with E-state index in [1.54, 1.807) is 0 Å². The highest BCUT2D eigenvalue weighted by molar-refractivity contribution is 5.94. The molecule has 2 rings (SSSR count). The highest BCUT2D eigenvalue weighted by atomic mass is 16.1. The summed E-state index contributed by atoms with van der Waals surface area (Å²) in [6.07, 6.45) is 3.06. The Morgan fingerprint density at radius 2 is 2.26 bits per heavy atom. The van der Waals surface area contributed by atoms with Gasteiger partial charge in [0.2, 0.25) is 5.91 Å². The molecule has 1 aliphatic rings. The van der Waals surface area contributed by atoms with Crippen molar-refractivity contribution in [2.45, 2.75) is 33.1 Å². The molecule has 0 bridgehead atoms. The number of carbonyl (C=O) groups excluding carboxylic acids is 1. The minimum atomic E-state index is 0.128. The summed E-state index contributed by atoms with van der Waals surface area (Å²) in [7, 11) is 2.09. The average Bonchev–Trinajstić information content (AvgIpc) is 2.41. The van der Waals surface area contributed by atoms with Gasteiger partial charge in [-0.1, -0.05) is 25.1 Å². The molecule has 3 heteroatoms. The molecule has 1 amide bonds. The topological polar surface area (TPSA) is 32.3 Å². The fourth-order valence-corrected chi connectivity index (χ4v) is 2.81. The third-order valence-electron chi connectivity index (χ3n) is 3.98. The van der Waals surface area contributed by atoms with Crippen LogP contribution < -0.4 is 5.32 Å². The Kier molecular flexibility index (Phi) is 4.59. The van der Waals surface area contributed by atoms with E-state index < -0.39 is 0 Å². The zero-order chi connectivity index (χ0) is 13.8. The summed E-state index contributed by atoms with van der Waals surface area (Å²) >= 11 is 0. The van der Waals surface area contributed by atoms with Crippen LogP contribution in [0.25, 0.3) is 0 Å². The quantitative estimate of drug-likeness (QED) is 0.906. The van der Waals surface area contributed by atoms with Crippen LogP contribution in [-0.2, 0) is 11.2 Å². The number of hydrogen-bond acceptors (Lipinski definition) is 2. The number of nitrogens with zero attached hydrogens (tertiary/aromatic N) is 1. The van der Waals surface area contributed by atoms with Crippen LogP contribution in [0, 0.1) is 12.8 Å². The largest absolute Gasteiger partial charge is 0.325 e. The molecule has 19 heavy (non-hydrogen) atoms. The maximum absolute atomic E-state index is 12.4. The average molecular weight is 260 g/mol. The van der Waals surface area contributed by atoms with E-state index in [0.29, 0.717) is 0 Å². The fourth-order valence-electron chi connectivity index (χ4n) is 2.81. The van der Waals surface area contributed by atoms with Gasteiger partial charge in [0.1, 0.15) is 0 Å². The first kappa shape index (κ1) is 14.1. The van der Waals surface area contributed by atoms with E-state index in [1.165, 1.54) is 5.56 Å². The molecule has 0 spiro atoms. The Hall–Kier alpha value is -1.35. The number of nitrogens with one attached hydrogen (secondary N) is 1. The molecule has 0 aromatic heterocycles. The molecular weight excluding hydrogens is 236 g/mol. The number of anilines is 1. The molecule has 104 valence electrons. The van der Waals surface area contributed by atoms with Crippen LogP contribution in [0.2, 0.25) is 0 Å². The van der Waals surface area contributed by atoms with Crippen molar-refractivity contribution in [2.75, 3.05) is 25.5 Å². The summed E-state index contributed by atoms with van der Waals surface area (Å²) < 4.78 is 0. The smallest absolute Gasteiger partial charge is 0.228 e. The van der Waals surface area contributed by atoms with Crippen molar-refractivity contribution in [3.05, 3.63) is 29.3 Å². The standard InChI is InChI=1S/C16H24N2O/c1-4-13-8-5-7-12(2)15(13)17-16(19)14-9-6-10-18(3)11-14/h5,7-8,14H,4,6,9-11H2,1-3H3,(H,17,19)/t14-/m0/s1. The van der Waals surface area contributed by atoms with Crippen molar-refractivity contribution >= 4 is 11.6 Å². The first-order valence-corrected chi connectivity index (χ1v) is 7.19. The Morgan fingerprint density at radius 3 is 2.95 bits per heavy atom. The van der Waals surface area contributed by atoms with Gasteiger partial charge >= 0.3 is 0 Å². The first-order valence-electron chi connectivity index (χ1n) is 7.19. The van der Waals surface area contributed by atoms with Gasteiger partial charge in [0.25, 0.3) is 0 Å². The normalized spacial score (nSPS) is 20.3. The predicted octanol–water partition coefficient (Wildman–Crippen LogP) is 2.84. The van der Waals surface area contributed by atoms with Crippen molar-refractivity contribution in [1.29, 1.82) is 0 Å². The van der Waals surface area contributed by atoms with E-state index >= 15 is 0 Å². The number of piperidine rings is 1. The minimum Gasteiger partial charge on any atom is -0.325 e. The molecule has 0 radical (unpaired) electrons. The summed E-state index contributed by atoms with van der Waals surface area (Å²) in [5.74, 6) is 0.304. The van der Waals surface area contributed by atoms with Crippen LogP contribution in [-0.4, -0.2) is 30.9 Å². The zero-order valence-corrected chi connectivity index (χ0v) is 12.2. The monoisotopic (exact) mass is 260 g/mol. The molecule has 0 aliphatic carbocycles.